The average Bonchev–Trinajstić information content (AvgIpc) is 2.65. The van der Waals surface area contributed by atoms with Gasteiger partial charge in [-0.2, -0.15) is 0 Å². The third-order valence-corrected chi connectivity index (χ3v) is 3.47. The number of ether oxygens (including phenoxy) is 1. The Labute approximate surface area is 144 Å². The fourth-order valence-corrected chi connectivity index (χ4v) is 2.23. The minimum absolute atomic E-state index is 0.309. The van der Waals surface area contributed by atoms with Crippen molar-refractivity contribution in [2.45, 2.75) is 5.60 Å². The minimum atomic E-state index is -2.06. The zero-order valence-electron chi connectivity index (χ0n) is 13.3. The van der Waals surface area contributed by atoms with E-state index >= 15 is 0 Å². The quantitative estimate of drug-likeness (QED) is 0.615. The number of nitrogens with two attached hydrogens (primary N) is 1. The molecule has 0 aromatic heterocycles. The first-order valence-corrected chi connectivity index (χ1v) is 7.50. The van der Waals surface area contributed by atoms with Crippen LogP contribution in [0.5, 0.6) is 0 Å². The van der Waals surface area contributed by atoms with Crippen LogP contribution in [0.15, 0.2) is 60.7 Å². The summed E-state index contributed by atoms with van der Waals surface area (Å²) in [6, 6.07) is 16.5. The van der Waals surface area contributed by atoms with E-state index in [1.165, 1.54) is 0 Å². The van der Waals surface area contributed by atoms with Gasteiger partial charge < -0.3 is 20.9 Å². The third kappa shape index (κ3) is 4.42. The van der Waals surface area contributed by atoms with E-state index in [-0.39, 0.29) is 6.54 Å². The van der Waals surface area contributed by atoms with Gasteiger partial charge in [0, 0.05) is 0 Å². The van der Waals surface area contributed by atoms with E-state index in [9.17, 15) is 19.5 Å². The van der Waals surface area contributed by atoms with Crippen molar-refractivity contribution in [1.29, 1.82) is 0 Å². The van der Waals surface area contributed by atoms with Crippen LogP contribution in [0.4, 0.5) is 0 Å². The summed E-state index contributed by atoms with van der Waals surface area (Å²) in [6.07, 6.45) is 0. The molecule has 0 saturated heterocycles. The predicted molar refractivity (Wildman–Crippen MR) is 89.0 cm³/mol. The molecule has 2 aromatic carbocycles. The summed E-state index contributed by atoms with van der Waals surface area (Å²) in [5, 5.41) is 13.3. The van der Waals surface area contributed by atoms with Gasteiger partial charge in [0.05, 0.1) is 6.54 Å². The number of rotatable bonds is 7. The molecule has 7 nitrogen and oxygen atoms in total. The van der Waals surface area contributed by atoms with Gasteiger partial charge in [0.25, 0.3) is 5.91 Å². The van der Waals surface area contributed by atoms with Crippen LogP contribution in [0.25, 0.3) is 0 Å². The maximum absolute atomic E-state index is 12.6. The first-order valence-electron chi connectivity index (χ1n) is 7.50. The van der Waals surface area contributed by atoms with Gasteiger partial charge >= 0.3 is 5.97 Å². The molecule has 0 atom stereocenters. The Morgan fingerprint density at radius 2 is 1.44 bits per heavy atom. The fourth-order valence-electron chi connectivity index (χ4n) is 2.23. The smallest absolute Gasteiger partial charge is 0.348 e. The molecule has 0 heterocycles. The van der Waals surface area contributed by atoms with Crippen LogP contribution in [0.3, 0.4) is 0 Å². The van der Waals surface area contributed by atoms with Crippen LogP contribution in [-0.4, -0.2) is 36.0 Å². The average molecular weight is 342 g/mol. The van der Waals surface area contributed by atoms with Gasteiger partial charge in [-0.05, 0) is 11.1 Å². The molecule has 2 aromatic rings. The first kappa shape index (κ1) is 18.2. The van der Waals surface area contributed by atoms with Crippen molar-refractivity contribution in [1.82, 2.24) is 5.32 Å². The van der Waals surface area contributed by atoms with Crippen molar-refractivity contribution in [2.24, 2.45) is 5.73 Å². The lowest BCUT2D eigenvalue weighted by Crippen LogP contribution is -2.41. The molecule has 0 aliphatic carbocycles. The maximum Gasteiger partial charge on any atom is 0.348 e. The number of amides is 2. The number of hydrogen-bond donors (Lipinski definition) is 3. The highest BCUT2D eigenvalue weighted by atomic mass is 16.6. The molecule has 0 radical (unpaired) electrons. The Hall–Kier alpha value is -3.19. The molecule has 0 saturated carbocycles. The fraction of sp³-hybridized carbons (Fsp3) is 0.167. The predicted octanol–water partition coefficient (Wildman–Crippen LogP) is 0.0672. The summed E-state index contributed by atoms with van der Waals surface area (Å²) >= 11 is 0. The highest BCUT2D eigenvalue weighted by Gasteiger charge is 2.41. The monoisotopic (exact) mass is 342 g/mol. The molecular formula is C18H18N2O5. The van der Waals surface area contributed by atoms with Crippen LogP contribution in [0.2, 0.25) is 0 Å². The normalized spacial score (nSPS) is 10.8. The Kier molecular flexibility index (Phi) is 5.86. The first-order chi connectivity index (χ1) is 11.9. The second kappa shape index (κ2) is 8.07. The van der Waals surface area contributed by atoms with E-state index in [2.05, 4.69) is 5.32 Å². The Balaban J connectivity index is 2.20. The van der Waals surface area contributed by atoms with Crippen LogP contribution in [-0.2, 0) is 24.7 Å². The van der Waals surface area contributed by atoms with Gasteiger partial charge in [-0.25, -0.2) is 4.79 Å². The zero-order valence-corrected chi connectivity index (χ0v) is 13.3. The number of hydrogen-bond acceptors (Lipinski definition) is 5. The molecule has 0 fully saturated rings. The Bertz CT molecular complexity index is 707. The molecule has 7 heteroatoms. The van der Waals surface area contributed by atoms with Gasteiger partial charge in [0.2, 0.25) is 11.5 Å². The molecule has 0 unspecified atom stereocenters. The van der Waals surface area contributed by atoms with Crippen molar-refractivity contribution in [2.75, 3.05) is 13.2 Å². The summed E-state index contributed by atoms with van der Waals surface area (Å²) in [5.74, 6) is -2.42. The van der Waals surface area contributed by atoms with Crippen LogP contribution >= 0.6 is 0 Å². The number of aliphatic hydroxyl groups is 1. The topological polar surface area (TPSA) is 119 Å². The molecule has 4 N–H and O–H groups in total. The van der Waals surface area contributed by atoms with Crippen LogP contribution in [0.1, 0.15) is 11.1 Å². The summed E-state index contributed by atoms with van der Waals surface area (Å²) in [4.78, 5) is 34.8. The summed E-state index contributed by atoms with van der Waals surface area (Å²) in [7, 11) is 0. The van der Waals surface area contributed by atoms with Gasteiger partial charge in [0.1, 0.15) is 0 Å². The molecular weight excluding hydrogens is 324 g/mol. The lowest BCUT2D eigenvalue weighted by atomic mass is 9.86. The van der Waals surface area contributed by atoms with E-state index < -0.39 is 30.0 Å². The van der Waals surface area contributed by atoms with E-state index in [0.29, 0.717) is 11.1 Å². The SMILES string of the molecule is NC(=O)CNC(=O)COC(=O)C(O)(c1ccccc1)c1ccccc1. The Morgan fingerprint density at radius 1 is 0.960 bits per heavy atom. The zero-order chi connectivity index (χ0) is 18.3. The van der Waals surface area contributed by atoms with Crippen LogP contribution in [0, 0.1) is 0 Å². The van der Waals surface area contributed by atoms with Gasteiger partial charge in [-0.1, -0.05) is 60.7 Å². The number of esters is 1. The molecule has 0 aliphatic heterocycles. The molecule has 130 valence electrons. The molecule has 0 spiro atoms. The van der Waals surface area contributed by atoms with Crippen molar-refractivity contribution < 1.29 is 24.2 Å². The van der Waals surface area contributed by atoms with Gasteiger partial charge in [-0.3, -0.25) is 9.59 Å². The molecule has 0 bridgehead atoms. The van der Waals surface area contributed by atoms with Crippen molar-refractivity contribution in [3.05, 3.63) is 71.8 Å². The number of carbonyl (C=O) groups is 3. The number of nitrogens with one attached hydrogen (secondary N) is 1. The third-order valence-electron chi connectivity index (χ3n) is 3.47. The summed E-state index contributed by atoms with van der Waals surface area (Å²) in [5.41, 5.74) is 3.47. The highest BCUT2D eigenvalue weighted by molar-refractivity contribution is 5.89. The largest absolute Gasteiger partial charge is 0.453 e. The van der Waals surface area contributed by atoms with Crippen LogP contribution < -0.4 is 11.1 Å². The number of carbonyl (C=O) groups excluding carboxylic acids is 3. The molecule has 2 amide bonds. The molecule has 0 aliphatic rings. The maximum atomic E-state index is 12.6. The second-order valence-electron chi connectivity index (χ2n) is 5.26. The number of benzene rings is 2. The lowest BCUT2D eigenvalue weighted by molar-refractivity contribution is -0.164. The minimum Gasteiger partial charge on any atom is -0.453 e. The second-order valence-corrected chi connectivity index (χ2v) is 5.26. The van der Waals surface area contributed by atoms with Crippen molar-refractivity contribution in [3.63, 3.8) is 0 Å². The lowest BCUT2D eigenvalue weighted by Gasteiger charge is -2.26. The van der Waals surface area contributed by atoms with E-state index in [1.807, 2.05) is 0 Å². The van der Waals surface area contributed by atoms with Crippen molar-refractivity contribution in [3.8, 4) is 0 Å². The Morgan fingerprint density at radius 3 is 1.88 bits per heavy atom. The van der Waals surface area contributed by atoms with E-state index in [4.69, 9.17) is 10.5 Å². The summed E-state index contributed by atoms with van der Waals surface area (Å²) < 4.78 is 4.96. The molecule has 2 rings (SSSR count). The summed E-state index contributed by atoms with van der Waals surface area (Å²) in [6.45, 7) is -1.01. The number of primary amides is 1. The highest BCUT2D eigenvalue weighted by Crippen LogP contribution is 2.30. The van der Waals surface area contributed by atoms with E-state index in [0.717, 1.165) is 0 Å². The van der Waals surface area contributed by atoms with Crippen molar-refractivity contribution >= 4 is 17.8 Å². The standard InChI is InChI=1S/C18H18N2O5/c19-15(21)11-20-16(22)12-25-17(23)18(24,13-7-3-1-4-8-13)14-9-5-2-6-10-14/h1-10,24H,11-12H2,(H2,19,21)(H,20,22). The van der Waals surface area contributed by atoms with E-state index in [1.54, 1.807) is 60.7 Å². The molecule has 25 heavy (non-hydrogen) atoms. The van der Waals surface area contributed by atoms with Gasteiger partial charge in [-0.15, -0.1) is 0 Å². The van der Waals surface area contributed by atoms with Gasteiger partial charge in [0.15, 0.2) is 6.61 Å².